The first-order valence-electron chi connectivity index (χ1n) is 6.30. The van der Waals surface area contributed by atoms with Gasteiger partial charge in [-0.2, -0.15) is 4.98 Å². The summed E-state index contributed by atoms with van der Waals surface area (Å²) in [5, 5.41) is 18.8. The average Bonchev–Trinajstić information content (AvgIpc) is 2.97. The van der Waals surface area contributed by atoms with E-state index >= 15 is 0 Å². The maximum Gasteiger partial charge on any atom is 0.335 e. The normalized spacial score (nSPS) is 10.3. The third kappa shape index (κ3) is 2.89. The number of rotatable bonds is 4. The number of aromatic amines is 1. The predicted molar refractivity (Wildman–Crippen MR) is 78.5 cm³/mol. The molecule has 104 valence electrons. The van der Waals surface area contributed by atoms with Gasteiger partial charge in [-0.15, -0.1) is 5.10 Å². The summed E-state index contributed by atoms with van der Waals surface area (Å²) in [5.41, 5.74) is 1.75. The van der Waals surface area contributed by atoms with E-state index in [1.165, 1.54) is 12.1 Å². The van der Waals surface area contributed by atoms with Gasteiger partial charge >= 0.3 is 5.97 Å². The Balaban J connectivity index is 1.82. The van der Waals surface area contributed by atoms with E-state index < -0.39 is 5.97 Å². The van der Waals surface area contributed by atoms with Gasteiger partial charge in [0.1, 0.15) is 0 Å². The van der Waals surface area contributed by atoms with Gasteiger partial charge < -0.3 is 10.4 Å². The van der Waals surface area contributed by atoms with Crippen molar-refractivity contribution >= 4 is 17.6 Å². The van der Waals surface area contributed by atoms with Gasteiger partial charge in [0, 0.05) is 11.3 Å². The maximum atomic E-state index is 10.9. The molecular weight excluding hydrogens is 268 g/mol. The van der Waals surface area contributed by atoms with Crippen LogP contribution in [0.4, 0.5) is 11.6 Å². The monoisotopic (exact) mass is 280 g/mol. The van der Waals surface area contributed by atoms with Gasteiger partial charge in [0.05, 0.1) is 5.56 Å². The van der Waals surface area contributed by atoms with Crippen molar-refractivity contribution in [1.82, 2.24) is 15.2 Å². The Labute approximate surface area is 120 Å². The van der Waals surface area contributed by atoms with Crippen LogP contribution in [-0.4, -0.2) is 26.3 Å². The van der Waals surface area contributed by atoms with Crippen LogP contribution in [-0.2, 0) is 0 Å². The van der Waals surface area contributed by atoms with Gasteiger partial charge in [0.25, 0.3) is 0 Å². The van der Waals surface area contributed by atoms with Crippen molar-refractivity contribution in [2.24, 2.45) is 0 Å². The Morgan fingerprint density at radius 3 is 2.67 bits per heavy atom. The first-order chi connectivity index (χ1) is 10.2. The Morgan fingerprint density at radius 2 is 1.90 bits per heavy atom. The Hall–Kier alpha value is -3.15. The molecule has 6 heteroatoms. The van der Waals surface area contributed by atoms with E-state index in [-0.39, 0.29) is 5.56 Å². The van der Waals surface area contributed by atoms with Crippen molar-refractivity contribution in [2.45, 2.75) is 0 Å². The second-order valence-corrected chi connectivity index (χ2v) is 4.38. The lowest BCUT2D eigenvalue weighted by molar-refractivity contribution is 0.0697. The molecule has 6 nitrogen and oxygen atoms in total. The minimum atomic E-state index is -0.974. The average molecular weight is 280 g/mol. The summed E-state index contributed by atoms with van der Waals surface area (Å²) >= 11 is 0. The lowest BCUT2D eigenvalue weighted by Gasteiger charge is -2.02. The van der Waals surface area contributed by atoms with E-state index in [0.29, 0.717) is 17.5 Å². The van der Waals surface area contributed by atoms with Crippen LogP contribution in [0.25, 0.3) is 11.4 Å². The van der Waals surface area contributed by atoms with Crippen LogP contribution in [0.5, 0.6) is 0 Å². The number of nitrogens with zero attached hydrogens (tertiary/aromatic N) is 2. The zero-order chi connectivity index (χ0) is 14.7. The highest BCUT2D eigenvalue weighted by Gasteiger charge is 2.07. The molecular formula is C15H12N4O2. The third-order valence-corrected chi connectivity index (χ3v) is 2.90. The molecule has 3 rings (SSSR count). The number of carboxylic acid groups (broad SMARTS) is 1. The quantitative estimate of drug-likeness (QED) is 0.683. The molecule has 0 saturated heterocycles. The van der Waals surface area contributed by atoms with Gasteiger partial charge in [0.15, 0.2) is 5.82 Å². The van der Waals surface area contributed by atoms with Crippen LogP contribution >= 0.6 is 0 Å². The Kier molecular flexibility index (Phi) is 3.34. The molecule has 3 N–H and O–H groups in total. The van der Waals surface area contributed by atoms with Crippen molar-refractivity contribution < 1.29 is 9.90 Å². The van der Waals surface area contributed by atoms with E-state index in [2.05, 4.69) is 20.5 Å². The summed E-state index contributed by atoms with van der Waals surface area (Å²) < 4.78 is 0. The van der Waals surface area contributed by atoms with Crippen molar-refractivity contribution in [3.05, 3.63) is 60.2 Å². The molecule has 3 aromatic rings. The lowest BCUT2D eigenvalue weighted by Crippen LogP contribution is -1.98. The summed E-state index contributed by atoms with van der Waals surface area (Å²) in [7, 11) is 0. The SMILES string of the molecule is O=C(O)c1cccc(Nc2n[nH]c(-c3ccccc3)n2)c1. The number of nitrogens with one attached hydrogen (secondary N) is 2. The zero-order valence-corrected chi connectivity index (χ0v) is 10.9. The standard InChI is InChI=1S/C15H12N4O2/c20-14(21)11-7-4-8-12(9-11)16-15-17-13(18-19-15)10-5-2-1-3-6-10/h1-9H,(H,20,21)(H2,16,17,18,19). The van der Waals surface area contributed by atoms with Crippen LogP contribution in [0.15, 0.2) is 54.6 Å². The molecule has 0 saturated carbocycles. The highest BCUT2D eigenvalue weighted by Crippen LogP contribution is 2.18. The highest BCUT2D eigenvalue weighted by molar-refractivity contribution is 5.89. The first kappa shape index (κ1) is 12.9. The van der Waals surface area contributed by atoms with E-state index in [1.807, 2.05) is 30.3 Å². The van der Waals surface area contributed by atoms with Gasteiger partial charge in [-0.3, -0.25) is 5.10 Å². The summed E-state index contributed by atoms with van der Waals surface area (Å²) in [6.07, 6.45) is 0. The number of aromatic nitrogens is 3. The smallest absolute Gasteiger partial charge is 0.335 e. The fourth-order valence-corrected chi connectivity index (χ4v) is 1.90. The Morgan fingerprint density at radius 1 is 1.10 bits per heavy atom. The third-order valence-electron chi connectivity index (χ3n) is 2.90. The second kappa shape index (κ2) is 5.46. The minimum absolute atomic E-state index is 0.207. The molecule has 0 spiro atoms. The number of hydrogen-bond acceptors (Lipinski definition) is 4. The molecule has 0 fully saturated rings. The molecule has 0 aliphatic carbocycles. The van der Waals surface area contributed by atoms with Crippen LogP contribution in [0.2, 0.25) is 0 Å². The molecule has 1 aromatic heterocycles. The Bertz CT molecular complexity index is 768. The fourth-order valence-electron chi connectivity index (χ4n) is 1.90. The van der Waals surface area contributed by atoms with Crippen molar-refractivity contribution in [3.63, 3.8) is 0 Å². The number of carboxylic acids is 1. The van der Waals surface area contributed by atoms with E-state index in [0.717, 1.165) is 5.56 Å². The van der Waals surface area contributed by atoms with Gasteiger partial charge in [0.2, 0.25) is 5.95 Å². The molecule has 0 bridgehead atoms. The van der Waals surface area contributed by atoms with Crippen molar-refractivity contribution in [2.75, 3.05) is 5.32 Å². The number of benzene rings is 2. The topological polar surface area (TPSA) is 90.9 Å². The van der Waals surface area contributed by atoms with Gasteiger partial charge in [-0.05, 0) is 18.2 Å². The van der Waals surface area contributed by atoms with Gasteiger partial charge in [-0.25, -0.2) is 4.79 Å². The number of aromatic carboxylic acids is 1. The van der Waals surface area contributed by atoms with Crippen molar-refractivity contribution in [1.29, 1.82) is 0 Å². The summed E-state index contributed by atoms with van der Waals surface area (Å²) in [6, 6.07) is 16.1. The van der Waals surface area contributed by atoms with E-state index in [9.17, 15) is 4.79 Å². The molecule has 0 amide bonds. The summed E-state index contributed by atoms with van der Waals surface area (Å²) in [5.74, 6) is 0.0579. The molecule has 1 heterocycles. The molecule has 21 heavy (non-hydrogen) atoms. The molecule has 0 radical (unpaired) electrons. The number of anilines is 2. The minimum Gasteiger partial charge on any atom is -0.478 e. The zero-order valence-electron chi connectivity index (χ0n) is 10.9. The van der Waals surface area contributed by atoms with Gasteiger partial charge in [-0.1, -0.05) is 36.4 Å². The van der Waals surface area contributed by atoms with E-state index in [4.69, 9.17) is 5.11 Å². The lowest BCUT2D eigenvalue weighted by atomic mass is 10.2. The molecule has 0 aliphatic rings. The summed E-state index contributed by atoms with van der Waals surface area (Å²) in [6.45, 7) is 0. The molecule has 0 atom stereocenters. The van der Waals surface area contributed by atoms with Crippen LogP contribution in [0, 0.1) is 0 Å². The molecule has 0 aliphatic heterocycles. The fraction of sp³-hybridized carbons (Fsp3) is 0. The van der Waals surface area contributed by atoms with Crippen LogP contribution < -0.4 is 5.32 Å². The largest absolute Gasteiger partial charge is 0.478 e. The molecule has 2 aromatic carbocycles. The van der Waals surface area contributed by atoms with Crippen molar-refractivity contribution in [3.8, 4) is 11.4 Å². The summed E-state index contributed by atoms with van der Waals surface area (Å²) in [4.78, 5) is 15.3. The second-order valence-electron chi connectivity index (χ2n) is 4.38. The number of hydrogen-bond donors (Lipinski definition) is 3. The first-order valence-corrected chi connectivity index (χ1v) is 6.30. The maximum absolute atomic E-state index is 10.9. The van der Waals surface area contributed by atoms with E-state index in [1.54, 1.807) is 12.1 Å². The van der Waals surface area contributed by atoms with Crippen LogP contribution in [0.1, 0.15) is 10.4 Å². The highest BCUT2D eigenvalue weighted by atomic mass is 16.4. The molecule has 0 unspecified atom stereocenters. The number of H-pyrrole nitrogens is 1. The van der Waals surface area contributed by atoms with Crippen LogP contribution in [0.3, 0.4) is 0 Å². The predicted octanol–water partition coefficient (Wildman–Crippen LogP) is 2.91. The number of carbonyl (C=O) groups is 1.